The Balaban J connectivity index is 2.29. The van der Waals surface area contributed by atoms with Crippen molar-refractivity contribution in [3.8, 4) is 0 Å². The van der Waals surface area contributed by atoms with Gasteiger partial charge < -0.3 is 14.5 Å². The van der Waals surface area contributed by atoms with Crippen LogP contribution in [0.25, 0.3) is 0 Å². The van der Waals surface area contributed by atoms with Gasteiger partial charge in [-0.05, 0) is 52.3 Å². The van der Waals surface area contributed by atoms with Crippen LogP contribution in [0.1, 0.15) is 38.9 Å². The maximum absolute atomic E-state index is 5.44. The van der Waals surface area contributed by atoms with Gasteiger partial charge in [-0.2, -0.15) is 0 Å². The summed E-state index contributed by atoms with van der Waals surface area (Å²) in [6.07, 6.45) is 6.01. The van der Waals surface area contributed by atoms with Crippen molar-refractivity contribution >= 4 is 0 Å². The fraction of sp³-hybridized carbons (Fsp3) is 0.714. The lowest BCUT2D eigenvalue weighted by Crippen LogP contribution is -2.30. The van der Waals surface area contributed by atoms with Gasteiger partial charge in [-0.25, -0.2) is 0 Å². The molecule has 0 amide bonds. The lowest BCUT2D eigenvalue weighted by atomic mass is 9.96. The Morgan fingerprint density at radius 2 is 2.18 bits per heavy atom. The van der Waals surface area contributed by atoms with Gasteiger partial charge in [-0.15, -0.1) is 0 Å². The zero-order valence-corrected chi connectivity index (χ0v) is 11.5. The molecular formula is C14H25NO2. The molecule has 0 aromatic carbocycles. The van der Waals surface area contributed by atoms with Gasteiger partial charge in [0.05, 0.1) is 11.9 Å². The van der Waals surface area contributed by atoms with Crippen LogP contribution in [0.15, 0.2) is 22.8 Å². The minimum absolute atomic E-state index is 0.0280. The summed E-state index contributed by atoms with van der Waals surface area (Å²) in [7, 11) is 3.80. The van der Waals surface area contributed by atoms with Crippen LogP contribution in [0.4, 0.5) is 0 Å². The van der Waals surface area contributed by atoms with E-state index in [-0.39, 0.29) is 5.60 Å². The van der Waals surface area contributed by atoms with E-state index in [0.29, 0.717) is 6.04 Å². The molecule has 0 fully saturated rings. The third-order valence-electron chi connectivity index (χ3n) is 3.37. The van der Waals surface area contributed by atoms with E-state index in [2.05, 4.69) is 19.2 Å². The van der Waals surface area contributed by atoms with Crippen molar-refractivity contribution in [1.82, 2.24) is 5.32 Å². The van der Waals surface area contributed by atoms with Gasteiger partial charge in [-0.3, -0.25) is 0 Å². The molecule has 1 aromatic rings. The van der Waals surface area contributed by atoms with E-state index in [1.165, 1.54) is 0 Å². The summed E-state index contributed by atoms with van der Waals surface area (Å²) in [6.45, 7) is 4.26. The number of rotatable bonds is 8. The lowest BCUT2D eigenvalue weighted by Gasteiger charge is -2.25. The number of aryl methyl sites for hydroxylation is 1. The molecule has 0 aliphatic rings. The van der Waals surface area contributed by atoms with E-state index >= 15 is 0 Å². The molecule has 1 unspecified atom stereocenters. The summed E-state index contributed by atoms with van der Waals surface area (Å²) in [5.41, 5.74) is -0.0280. The zero-order valence-electron chi connectivity index (χ0n) is 11.5. The van der Waals surface area contributed by atoms with Crippen molar-refractivity contribution < 1.29 is 9.15 Å². The van der Waals surface area contributed by atoms with Gasteiger partial charge in [0.15, 0.2) is 0 Å². The summed E-state index contributed by atoms with van der Waals surface area (Å²) in [4.78, 5) is 0. The Labute approximate surface area is 105 Å². The minimum atomic E-state index is -0.0280. The molecule has 0 aliphatic heterocycles. The highest BCUT2D eigenvalue weighted by molar-refractivity contribution is 4.98. The fourth-order valence-electron chi connectivity index (χ4n) is 1.83. The molecule has 1 atom stereocenters. The Morgan fingerprint density at radius 1 is 1.41 bits per heavy atom. The van der Waals surface area contributed by atoms with Crippen LogP contribution in [0.5, 0.6) is 0 Å². The van der Waals surface area contributed by atoms with Crippen LogP contribution < -0.4 is 5.32 Å². The number of hydrogen-bond donors (Lipinski definition) is 1. The van der Waals surface area contributed by atoms with Crippen molar-refractivity contribution in [2.24, 2.45) is 0 Å². The summed E-state index contributed by atoms with van der Waals surface area (Å²) in [5.74, 6) is 1.07. The highest BCUT2D eigenvalue weighted by atomic mass is 16.5. The van der Waals surface area contributed by atoms with Crippen LogP contribution in [0, 0.1) is 0 Å². The van der Waals surface area contributed by atoms with Crippen LogP contribution in [-0.2, 0) is 11.2 Å². The van der Waals surface area contributed by atoms with Gasteiger partial charge in [0.25, 0.3) is 0 Å². The summed E-state index contributed by atoms with van der Waals surface area (Å²) in [5, 5.41) is 3.36. The lowest BCUT2D eigenvalue weighted by molar-refractivity contribution is 0.0117. The largest absolute Gasteiger partial charge is 0.469 e. The molecule has 17 heavy (non-hydrogen) atoms. The molecule has 0 saturated heterocycles. The molecule has 1 aromatic heterocycles. The fourth-order valence-corrected chi connectivity index (χ4v) is 1.83. The van der Waals surface area contributed by atoms with Gasteiger partial charge in [0.1, 0.15) is 5.76 Å². The van der Waals surface area contributed by atoms with E-state index < -0.39 is 0 Å². The second-order valence-electron chi connectivity index (χ2n) is 5.11. The van der Waals surface area contributed by atoms with Crippen molar-refractivity contribution in [1.29, 1.82) is 0 Å². The first-order chi connectivity index (χ1) is 8.07. The quantitative estimate of drug-likeness (QED) is 0.757. The minimum Gasteiger partial charge on any atom is -0.469 e. The zero-order chi connectivity index (χ0) is 12.7. The molecular weight excluding hydrogens is 214 g/mol. The first kappa shape index (κ1) is 14.3. The smallest absolute Gasteiger partial charge is 0.103 e. The molecule has 1 N–H and O–H groups in total. The number of methoxy groups -OCH3 is 1. The second-order valence-corrected chi connectivity index (χ2v) is 5.11. The summed E-state index contributed by atoms with van der Waals surface area (Å²) < 4.78 is 10.8. The average Bonchev–Trinajstić information content (AvgIpc) is 2.82. The highest BCUT2D eigenvalue weighted by Gasteiger charge is 2.18. The Hall–Kier alpha value is -0.800. The SMILES string of the molecule is CNC(CCc1ccco1)CCC(C)(C)OC. The number of hydrogen-bond acceptors (Lipinski definition) is 3. The molecule has 3 nitrogen and oxygen atoms in total. The van der Waals surface area contributed by atoms with Gasteiger partial charge >= 0.3 is 0 Å². The Morgan fingerprint density at radius 3 is 2.71 bits per heavy atom. The highest BCUT2D eigenvalue weighted by Crippen LogP contribution is 2.18. The van der Waals surface area contributed by atoms with E-state index in [1.54, 1.807) is 13.4 Å². The number of nitrogens with one attached hydrogen (secondary N) is 1. The molecule has 0 spiro atoms. The maximum atomic E-state index is 5.44. The van der Waals surface area contributed by atoms with E-state index in [9.17, 15) is 0 Å². The van der Waals surface area contributed by atoms with Gasteiger partial charge in [0.2, 0.25) is 0 Å². The first-order valence-electron chi connectivity index (χ1n) is 6.32. The van der Waals surface area contributed by atoms with Crippen molar-refractivity contribution in [3.63, 3.8) is 0 Å². The van der Waals surface area contributed by atoms with Crippen LogP contribution in [-0.4, -0.2) is 25.8 Å². The maximum Gasteiger partial charge on any atom is 0.103 e. The topological polar surface area (TPSA) is 34.4 Å². The van der Waals surface area contributed by atoms with Gasteiger partial charge in [0, 0.05) is 19.6 Å². The predicted molar refractivity (Wildman–Crippen MR) is 70.2 cm³/mol. The molecule has 98 valence electrons. The van der Waals surface area contributed by atoms with E-state index in [0.717, 1.165) is 31.4 Å². The van der Waals surface area contributed by atoms with Gasteiger partial charge in [-0.1, -0.05) is 0 Å². The average molecular weight is 239 g/mol. The number of ether oxygens (including phenoxy) is 1. The molecule has 1 heterocycles. The van der Waals surface area contributed by atoms with Crippen LogP contribution >= 0.6 is 0 Å². The van der Waals surface area contributed by atoms with E-state index in [4.69, 9.17) is 9.15 Å². The Bertz CT molecular complexity index is 293. The monoisotopic (exact) mass is 239 g/mol. The van der Waals surface area contributed by atoms with Crippen LogP contribution in [0.3, 0.4) is 0 Å². The van der Waals surface area contributed by atoms with E-state index in [1.807, 2.05) is 19.2 Å². The Kier molecular flexibility index (Phi) is 5.72. The molecule has 3 heteroatoms. The number of furan rings is 1. The molecule has 0 bridgehead atoms. The first-order valence-corrected chi connectivity index (χ1v) is 6.32. The molecule has 0 saturated carbocycles. The van der Waals surface area contributed by atoms with Crippen LogP contribution in [0.2, 0.25) is 0 Å². The van der Waals surface area contributed by atoms with Crippen molar-refractivity contribution in [3.05, 3.63) is 24.2 Å². The third kappa shape index (κ3) is 5.37. The van der Waals surface area contributed by atoms with Crippen molar-refractivity contribution in [2.75, 3.05) is 14.2 Å². The molecule has 0 aliphatic carbocycles. The molecule has 0 radical (unpaired) electrons. The van der Waals surface area contributed by atoms with Crippen molar-refractivity contribution in [2.45, 2.75) is 51.2 Å². The summed E-state index contributed by atoms with van der Waals surface area (Å²) in [6, 6.07) is 4.50. The third-order valence-corrected chi connectivity index (χ3v) is 3.37. The summed E-state index contributed by atoms with van der Waals surface area (Å²) >= 11 is 0. The normalized spacial score (nSPS) is 13.9. The second kappa shape index (κ2) is 6.82. The predicted octanol–water partition coefficient (Wildman–Crippen LogP) is 3.01. The molecule has 1 rings (SSSR count). The standard InChI is InChI=1S/C14H25NO2/c1-14(2,16-4)10-9-12(15-3)7-8-13-6-5-11-17-13/h5-6,11-12,15H,7-10H2,1-4H3.